The number of fused-ring (bicyclic) bond motifs is 1. The Hall–Kier alpha value is -1.87. The van der Waals surface area contributed by atoms with E-state index in [1.165, 1.54) is 0 Å². The van der Waals surface area contributed by atoms with Crippen LogP contribution in [0.1, 0.15) is 15.9 Å². The van der Waals surface area contributed by atoms with Crippen molar-refractivity contribution in [3.05, 3.63) is 70.3 Å². The van der Waals surface area contributed by atoms with E-state index in [2.05, 4.69) is 20.9 Å². The summed E-state index contributed by atoms with van der Waals surface area (Å²) in [6, 6.07) is 15.2. The third-order valence-corrected chi connectivity index (χ3v) is 3.64. The number of nitrogens with one attached hydrogen (secondary N) is 1. The Balaban J connectivity index is 2.18. The highest BCUT2D eigenvalue weighted by Gasteiger charge is 2.15. The molecule has 0 bridgehead atoms. The first-order chi connectivity index (χ1) is 8.77. The van der Waals surface area contributed by atoms with E-state index in [0.717, 1.165) is 15.4 Å². The zero-order valence-corrected chi connectivity index (χ0v) is 11.1. The molecule has 0 saturated heterocycles. The molecule has 0 unspecified atom stereocenters. The lowest BCUT2D eigenvalue weighted by molar-refractivity contribution is 0.103. The summed E-state index contributed by atoms with van der Waals surface area (Å²) in [6.45, 7) is 0. The molecule has 18 heavy (non-hydrogen) atoms. The summed E-state index contributed by atoms with van der Waals surface area (Å²) in [5.41, 5.74) is 2.27. The fourth-order valence-electron chi connectivity index (χ4n) is 2.06. The Morgan fingerprint density at radius 2 is 1.72 bits per heavy atom. The molecule has 0 amide bonds. The maximum Gasteiger partial charge on any atom is 0.196 e. The predicted octanol–water partition coefficient (Wildman–Crippen LogP) is 4.16. The highest BCUT2D eigenvalue weighted by molar-refractivity contribution is 9.10. The molecule has 2 aromatic carbocycles. The Kier molecular flexibility index (Phi) is 2.76. The predicted molar refractivity (Wildman–Crippen MR) is 75.9 cm³/mol. The quantitative estimate of drug-likeness (QED) is 0.708. The van der Waals surface area contributed by atoms with Crippen LogP contribution >= 0.6 is 15.9 Å². The molecular formula is C15H10BrNO. The van der Waals surface area contributed by atoms with Crippen molar-refractivity contribution in [1.82, 2.24) is 4.98 Å². The smallest absolute Gasteiger partial charge is 0.196 e. The van der Waals surface area contributed by atoms with Gasteiger partial charge in [-0.15, -0.1) is 0 Å². The summed E-state index contributed by atoms with van der Waals surface area (Å²) in [5.74, 6) is 0.0236. The number of para-hydroxylation sites is 1. The van der Waals surface area contributed by atoms with Gasteiger partial charge in [-0.1, -0.05) is 40.2 Å². The lowest BCUT2D eigenvalue weighted by Gasteiger charge is -2.05. The number of rotatable bonds is 2. The highest BCUT2D eigenvalue weighted by atomic mass is 79.9. The van der Waals surface area contributed by atoms with Crippen LogP contribution in [0.15, 0.2) is 59.2 Å². The average molecular weight is 300 g/mol. The van der Waals surface area contributed by atoms with Crippen LogP contribution in [0.25, 0.3) is 10.9 Å². The van der Waals surface area contributed by atoms with E-state index in [-0.39, 0.29) is 5.78 Å². The number of carbonyl (C=O) groups is 1. The number of hydrogen-bond donors (Lipinski definition) is 1. The second-order valence-electron chi connectivity index (χ2n) is 4.06. The van der Waals surface area contributed by atoms with E-state index in [1.54, 1.807) is 0 Å². The van der Waals surface area contributed by atoms with Crippen molar-refractivity contribution in [1.29, 1.82) is 0 Å². The van der Waals surface area contributed by atoms with E-state index in [9.17, 15) is 4.79 Å². The van der Waals surface area contributed by atoms with E-state index in [1.807, 2.05) is 54.7 Å². The minimum absolute atomic E-state index is 0.0236. The van der Waals surface area contributed by atoms with Crippen LogP contribution in [0.2, 0.25) is 0 Å². The third-order valence-electron chi connectivity index (χ3n) is 2.95. The van der Waals surface area contributed by atoms with Crippen molar-refractivity contribution in [2.24, 2.45) is 0 Å². The highest BCUT2D eigenvalue weighted by Crippen LogP contribution is 2.24. The molecule has 2 nitrogen and oxygen atoms in total. The molecule has 0 radical (unpaired) electrons. The van der Waals surface area contributed by atoms with E-state index < -0.39 is 0 Å². The Morgan fingerprint density at radius 3 is 2.56 bits per heavy atom. The van der Waals surface area contributed by atoms with E-state index in [4.69, 9.17) is 0 Å². The second kappa shape index (κ2) is 4.42. The van der Waals surface area contributed by atoms with Gasteiger partial charge in [0.25, 0.3) is 0 Å². The van der Waals surface area contributed by atoms with Gasteiger partial charge in [0, 0.05) is 27.2 Å². The van der Waals surface area contributed by atoms with Crippen molar-refractivity contribution >= 4 is 32.6 Å². The second-order valence-corrected chi connectivity index (χ2v) is 4.91. The summed E-state index contributed by atoms with van der Waals surface area (Å²) < 4.78 is 0.818. The fraction of sp³-hybridized carbons (Fsp3) is 0. The molecule has 0 atom stereocenters. The van der Waals surface area contributed by atoms with Crippen LogP contribution < -0.4 is 0 Å². The molecule has 0 aliphatic rings. The molecular weight excluding hydrogens is 290 g/mol. The molecule has 0 aliphatic carbocycles. The number of hydrogen-bond acceptors (Lipinski definition) is 1. The van der Waals surface area contributed by atoms with Gasteiger partial charge in [0.2, 0.25) is 0 Å². The van der Waals surface area contributed by atoms with Crippen molar-refractivity contribution in [3.63, 3.8) is 0 Å². The molecule has 0 spiro atoms. The SMILES string of the molecule is O=C(c1ccccc1Br)c1cccc2cc[nH]c12. The van der Waals surface area contributed by atoms with Gasteiger partial charge in [-0.05, 0) is 24.3 Å². The van der Waals surface area contributed by atoms with Gasteiger partial charge in [0.1, 0.15) is 0 Å². The van der Waals surface area contributed by atoms with Gasteiger partial charge in [0.15, 0.2) is 5.78 Å². The number of ketones is 1. The first kappa shape index (κ1) is 11.2. The Bertz CT molecular complexity index is 730. The van der Waals surface area contributed by atoms with Crippen LogP contribution in [0, 0.1) is 0 Å². The van der Waals surface area contributed by atoms with Crippen LogP contribution in [0.5, 0.6) is 0 Å². The van der Waals surface area contributed by atoms with Crippen LogP contribution in [-0.4, -0.2) is 10.8 Å². The number of benzene rings is 2. The average Bonchev–Trinajstić information content (AvgIpc) is 2.86. The number of carbonyl (C=O) groups excluding carboxylic acids is 1. The lowest BCUT2D eigenvalue weighted by atomic mass is 10.0. The minimum atomic E-state index is 0.0236. The molecule has 1 N–H and O–H groups in total. The Labute approximate surface area is 113 Å². The maximum atomic E-state index is 12.5. The van der Waals surface area contributed by atoms with Crippen molar-refractivity contribution < 1.29 is 4.79 Å². The topological polar surface area (TPSA) is 32.9 Å². The standard InChI is InChI=1S/C15H10BrNO/c16-13-7-2-1-5-11(13)15(18)12-6-3-4-10-8-9-17-14(10)12/h1-9,17H. The normalized spacial score (nSPS) is 10.7. The summed E-state index contributed by atoms with van der Waals surface area (Å²) in [6.07, 6.45) is 1.85. The van der Waals surface area contributed by atoms with Crippen molar-refractivity contribution in [2.45, 2.75) is 0 Å². The van der Waals surface area contributed by atoms with Gasteiger partial charge < -0.3 is 4.98 Å². The number of halogens is 1. The monoisotopic (exact) mass is 299 g/mol. The van der Waals surface area contributed by atoms with Crippen molar-refractivity contribution in [3.8, 4) is 0 Å². The van der Waals surface area contributed by atoms with Gasteiger partial charge in [-0.25, -0.2) is 0 Å². The molecule has 3 heteroatoms. The summed E-state index contributed by atoms with van der Waals surface area (Å²) in [4.78, 5) is 15.7. The van der Waals surface area contributed by atoms with Crippen LogP contribution in [0.3, 0.4) is 0 Å². The molecule has 1 heterocycles. The van der Waals surface area contributed by atoms with Crippen molar-refractivity contribution in [2.75, 3.05) is 0 Å². The third kappa shape index (κ3) is 1.77. The summed E-state index contributed by atoms with van der Waals surface area (Å²) >= 11 is 3.42. The van der Waals surface area contributed by atoms with Gasteiger partial charge in [-0.2, -0.15) is 0 Å². The van der Waals surface area contributed by atoms with E-state index in [0.29, 0.717) is 11.1 Å². The van der Waals surface area contributed by atoms with Gasteiger partial charge >= 0.3 is 0 Å². The Morgan fingerprint density at radius 1 is 0.944 bits per heavy atom. The molecule has 3 aromatic rings. The molecule has 1 aromatic heterocycles. The van der Waals surface area contributed by atoms with Crippen LogP contribution in [-0.2, 0) is 0 Å². The first-order valence-corrected chi connectivity index (χ1v) is 6.42. The molecule has 0 saturated carbocycles. The van der Waals surface area contributed by atoms with Crippen LogP contribution in [0.4, 0.5) is 0 Å². The molecule has 0 aliphatic heterocycles. The zero-order valence-electron chi connectivity index (χ0n) is 9.48. The van der Waals surface area contributed by atoms with Gasteiger partial charge in [0.05, 0.1) is 5.52 Å². The fourth-order valence-corrected chi connectivity index (χ4v) is 2.53. The number of aromatic nitrogens is 1. The largest absolute Gasteiger partial charge is 0.361 e. The number of H-pyrrole nitrogens is 1. The van der Waals surface area contributed by atoms with Gasteiger partial charge in [-0.3, -0.25) is 4.79 Å². The molecule has 0 fully saturated rings. The zero-order chi connectivity index (χ0) is 12.5. The summed E-state index contributed by atoms with van der Waals surface area (Å²) in [7, 11) is 0. The molecule has 3 rings (SSSR count). The van der Waals surface area contributed by atoms with E-state index >= 15 is 0 Å². The first-order valence-electron chi connectivity index (χ1n) is 5.63. The summed E-state index contributed by atoms with van der Waals surface area (Å²) in [5, 5.41) is 1.05. The minimum Gasteiger partial charge on any atom is -0.361 e. The molecule has 88 valence electrons. The maximum absolute atomic E-state index is 12.5. The lowest BCUT2D eigenvalue weighted by Crippen LogP contribution is -2.02. The number of aromatic amines is 1.